The first-order chi connectivity index (χ1) is 9.60. The molecule has 1 atom stereocenters. The first-order valence-corrected chi connectivity index (χ1v) is 7.48. The van der Waals surface area contributed by atoms with Crippen molar-refractivity contribution in [1.82, 2.24) is 4.98 Å². The smallest absolute Gasteiger partial charge is 0.165 e. The van der Waals surface area contributed by atoms with Crippen molar-refractivity contribution in [2.45, 2.75) is 26.0 Å². The van der Waals surface area contributed by atoms with Gasteiger partial charge in [0, 0.05) is 28.9 Å². The summed E-state index contributed by atoms with van der Waals surface area (Å²) in [6.07, 6.45) is 2.47. The van der Waals surface area contributed by atoms with E-state index in [1.807, 2.05) is 13.0 Å². The Labute approximate surface area is 127 Å². The standard InChI is InChI=1S/C14H17ClN2O2S/c1-9(16)3-10-4-11(15)5-13(18-2)14(10)19-7-12-6-17-8-20-12/h4-6,8-9H,3,7,16H2,1-2H3. The van der Waals surface area contributed by atoms with Crippen LogP contribution in [-0.4, -0.2) is 18.1 Å². The number of halogens is 1. The van der Waals surface area contributed by atoms with Crippen LogP contribution >= 0.6 is 22.9 Å². The van der Waals surface area contributed by atoms with Crippen molar-refractivity contribution in [1.29, 1.82) is 0 Å². The lowest BCUT2D eigenvalue weighted by atomic mass is 10.1. The Morgan fingerprint density at radius 1 is 1.45 bits per heavy atom. The number of hydrogen-bond acceptors (Lipinski definition) is 5. The topological polar surface area (TPSA) is 57.4 Å². The fourth-order valence-corrected chi connectivity index (χ4v) is 2.63. The van der Waals surface area contributed by atoms with E-state index >= 15 is 0 Å². The summed E-state index contributed by atoms with van der Waals surface area (Å²) in [5.74, 6) is 1.32. The molecular weight excluding hydrogens is 296 g/mol. The average molecular weight is 313 g/mol. The minimum absolute atomic E-state index is 0.0175. The molecule has 1 heterocycles. The molecule has 0 saturated heterocycles. The first kappa shape index (κ1) is 15.1. The van der Waals surface area contributed by atoms with Crippen molar-refractivity contribution in [3.8, 4) is 11.5 Å². The molecule has 6 heteroatoms. The van der Waals surface area contributed by atoms with Crippen molar-refractivity contribution in [3.63, 3.8) is 0 Å². The summed E-state index contributed by atoms with van der Waals surface area (Å²) in [6.45, 7) is 2.40. The number of ether oxygens (including phenoxy) is 2. The Balaban J connectivity index is 2.27. The summed E-state index contributed by atoms with van der Waals surface area (Å²) in [6, 6.07) is 3.63. The van der Waals surface area contributed by atoms with Crippen molar-refractivity contribution < 1.29 is 9.47 Å². The molecule has 1 unspecified atom stereocenters. The van der Waals surface area contributed by atoms with Crippen LogP contribution in [-0.2, 0) is 13.0 Å². The van der Waals surface area contributed by atoms with E-state index in [2.05, 4.69) is 4.98 Å². The number of benzene rings is 1. The lowest BCUT2D eigenvalue weighted by molar-refractivity contribution is 0.283. The molecule has 0 aliphatic carbocycles. The first-order valence-electron chi connectivity index (χ1n) is 6.22. The Morgan fingerprint density at radius 3 is 2.85 bits per heavy atom. The zero-order chi connectivity index (χ0) is 14.5. The Hall–Kier alpha value is -1.30. The average Bonchev–Trinajstić information content (AvgIpc) is 2.89. The SMILES string of the molecule is COc1cc(Cl)cc(CC(C)N)c1OCc1cncs1. The third-order valence-corrected chi connectivity index (χ3v) is 3.67. The van der Waals surface area contributed by atoms with Crippen molar-refractivity contribution in [2.75, 3.05) is 7.11 Å². The van der Waals surface area contributed by atoms with Crippen LogP contribution in [0.1, 0.15) is 17.4 Å². The number of nitrogens with two attached hydrogens (primary N) is 1. The van der Waals surface area contributed by atoms with E-state index in [0.717, 1.165) is 10.4 Å². The van der Waals surface area contributed by atoms with Gasteiger partial charge in [-0.15, -0.1) is 11.3 Å². The van der Waals surface area contributed by atoms with E-state index in [4.69, 9.17) is 26.8 Å². The molecule has 0 amide bonds. The third-order valence-electron chi connectivity index (χ3n) is 2.70. The summed E-state index contributed by atoms with van der Waals surface area (Å²) in [5.41, 5.74) is 8.61. The number of nitrogens with zero attached hydrogens (tertiary/aromatic N) is 1. The Morgan fingerprint density at radius 2 is 2.25 bits per heavy atom. The van der Waals surface area contributed by atoms with Gasteiger partial charge in [0.25, 0.3) is 0 Å². The molecule has 2 rings (SSSR count). The van der Waals surface area contributed by atoms with E-state index in [-0.39, 0.29) is 6.04 Å². The fourth-order valence-electron chi connectivity index (χ4n) is 1.89. The molecule has 0 bridgehead atoms. The van der Waals surface area contributed by atoms with Gasteiger partial charge in [-0.25, -0.2) is 0 Å². The van der Waals surface area contributed by atoms with E-state index in [9.17, 15) is 0 Å². The monoisotopic (exact) mass is 312 g/mol. The highest BCUT2D eigenvalue weighted by Gasteiger charge is 2.14. The van der Waals surface area contributed by atoms with Gasteiger partial charge in [0.2, 0.25) is 0 Å². The zero-order valence-corrected chi connectivity index (χ0v) is 13.0. The zero-order valence-electron chi connectivity index (χ0n) is 11.4. The van der Waals surface area contributed by atoms with Gasteiger partial charge in [0.1, 0.15) is 6.61 Å². The molecule has 108 valence electrons. The predicted octanol–water partition coefficient (Wildman–Crippen LogP) is 3.27. The Bertz CT molecular complexity index is 559. The lowest BCUT2D eigenvalue weighted by Gasteiger charge is -2.16. The van der Waals surface area contributed by atoms with Gasteiger partial charge in [0.05, 0.1) is 17.5 Å². The summed E-state index contributed by atoms with van der Waals surface area (Å²) >= 11 is 7.65. The van der Waals surface area contributed by atoms with Crippen LogP contribution < -0.4 is 15.2 Å². The van der Waals surface area contributed by atoms with Gasteiger partial charge >= 0.3 is 0 Å². The number of hydrogen-bond donors (Lipinski definition) is 1. The number of aromatic nitrogens is 1. The molecule has 1 aromatic heterocycles. The van der Waals surface area contributed by atoms with Crippen LogP contribution in [0.5, 0.6) is 11.5 Å². The second-order valence-corrected chi connectivity index (χ2v) is 5.94. The van der Waals surface area contributed by atoms with Gasteiger partial charge in [-0.1, -0.05) is 11.6 Å². The van der Waals surface area contributed by atoms with Gasteiger partial charge in [-0.3, -0.25) is 4.98 Å². The largest absolute Gasteiger partial charge is 0.493 e. The molecule has 0 saturated carbocycles. The quantitative estimate of drug-likeness (QED) is 0.889. The second-order valence-electron chi connectivity index (χ2n) is 4.53. The number of rotatable bonds is 6. The summed E-state index contributed by atoms with van der Waals surface area (Å²) in [4.78, 5) is 5.08. The molecule has 0 aliphatic heterocycles. The van der Waals surface area contributed by atoms with E-state index < -0.39 is 0 Å². The van der Waals surface area contributed by atoms with Crippen LogP contribution in [0.15, 0.2) is 23.8 Å². The highest BCUT2D eigenvalue weighted by molar-refractivity contribution is 7.09. The molecule has 0 aliphatic rings. The molecule has 0 spiro atoms. The molecule has 1 aromatic carbocycles. The molecule has 0 radical (unpaired) electrons. The van der Waals surface area contributed by atoms with Crippen LogP contribution in [0.2, 0.25) is 5.02 Å². The normalized spacial score (nSPS) is 12.2. The lowest BCUT2D eigenvalue weighted by Crippen LogP contribution is -2.18. The molecule has 2 aromatic rings. The van der Waals surface area contributed by atoms with Gasteiger partial charge in [0.15, 0.2) is 11.5 Å². The van der Waals surface area contributed by atoms with Crippen molar-refractivity contribution >= 4 is 22.9 Å². The van der Waals surface area contributed by atoms with Gasteiger partial charge in [-0.05, 0) is 19.4 Å². The van der Waals surface area contributed by atoms with Crippen molar-refractivity contribution in [3.05, 3.63) is 39.3 Å². The van der Waals surface area contributed by atoms with Crippen LogP contribution in [0.4, 0.5) is 0 Å². The summed E-state index contributed by atoms with van der Waals surface area (Å²) < 4.78 is 11.2. The fraction of sp³-hybridized carbons (Fsp3) is 0.357. The van der Waals surface area contributed by atoms with Gasteiger partial charge < -0.3 is 15.2 Å². The molecule has 0 fully saturated rings. The Kier molecular flexibility index (Phi) is 5.23. The summed E-state index contributed by atoms with van der Waals surface area (Å²) in [5, 5.41) is 0.614. The second kappa shape index (κ2) is 6.92. The minimum Gasteiger partial charge on any atom is -0.493 e. The molecular formula is C14H17ClN2O2S. The number of thiazole rings is 1. The van der Waals surface area contributed by atoms with Crippen LogP contribution in [0, 0.1) is 0 Å². The van der Waals surface area contributed by atoms with E-state index in [1.54, 1.807) is 36.2 Å². The molecule has 20 heavy (non-hydrogen) atoms. The maximum atomic E-state index is 6.10. The van der Waals surface area contributed by atoms with Crippen molar-refractivity contribution in [2.24, 2.45) is 5.73 Å². The van der Waals surface area contributed by atoms with Crippen LogP contribution in [0.25, 0.3) is 0 Å². The maximum Gasteiger partial charge on any atom is 0.165 e. The highest BCUT2D eigenvalue weighted by Crippen LogP contribution is 2.36. The minimum atomic E-state index is 0.0175. The van der Waals surface area contributed by atoms with Crippen LogP contribution in [0.3, 0.4) is 0 Å². The summed E-state index contributed by atoms with van der Waals surface area (Å²) in [7, 11) is 1.60. The van der Waals surface area contributed by atoms with Gasteiger partial charge in [-0.2, -0.15) is 0 Å². The number of methoxy groups -OCH3 is 1. The van der Waals surface area contributed by atoms with E-state index in [1.165, 1.54) is 0 Å². The van der Waals surface area contributed by atoms with E-state index in [0.29, 0.717) is 29.5 Å². The third kappa shape index (κ3) is 3.85. The predicted molar refractivity (Wildman–Crippen MR) is 81.8 cm³/mol. The molecule has 4 nitrogen and oxygen atoms in total. The highest BCUT2D eigenvalue weighted by atomic mass is 35.5. The molecule has 2 N–H and O–H groups in total. The maximum absolute atomic E-state index is 6.10.